The van der Waals surface area contributed by atoms with Crippen LogP contribution in [0.5, 0.6) is 17.2 Å². The average molecular weight is 325 g/mol. The Balaban J connectivity index is 1.60. The van der Waals surface area contributed by atoms with Crippen molar-refractivity contribution in [2.75, 3.05) is 25.6 Å². The molecule has 0 spiro atoms. The molecule has 1 aliphatic carbocycles. The second-order valence-corrected chi connectivity index (χ2v) is 6.09. The lowest BCUT2D eigenvalue weighted by Crippen LogP contribution is -2.28. The van der Waals surface area contributed by atoms with Crippen LogP contribution in [0.2, 0.25) is 0 Å². The summed E-state index contributed by atoms with van der Waals surface area (Å²) in [6.45, 7) is 1.10. The number of para-hydroxylation sites is 2. The first kappa shape index (κ1) is 14.9. The predicted octanol–water partition coefficient (Wildman–Crippen LogP) is 3.14. The Bertz CT molecular complexity index is 783. The van der Waals surface area contributed by atoms with Crippen LogP contribution in [0.25, 0.3) is 0 Å². The lowest BCUT2D eigenvalue weighted by Gasteiger charge is -2.22. The Hall–Kier alpha value is -2.69. The molecule has 4 rings (SSSR count). The minimum atomic E-state index is -0.489. The van der Waals surface area contributed by atoms with Gasteiger partial charge < -0.3 is 19.5 Å². The molecule has 0 bridgehead atoms. The molecule has 1 N–H and O–H groups in total. The van der Waals surface area contributed by atoms with Crippen LogP contribution in [-0.4, -0.2) is 26.2 Å². The summed E-state index contributed by atoms with van der Waals surface area (Å²) < 4.78 is 16.5. The molecular formula is C19H19NO4. The molecule has 2 aromatic rings. The van der Waals surface area contributed by atoms with Crippen LogP contribution < -0.4 is 19.5 Å². The van der Waals surface area contributed by atoms with E-state index < -0.39 is 5.41 Å². The largest absolute Gasteiger partial charge is 0.495 e. The van der Waals surface area contributed by atoms with E-state index in [2.05, 4.69) is 5.32 Å². The first-order valence-electron chi connectivity index (χ1n) is 8.07. The molecular weight excluding hydrogens is 306 g/mol. The number of carbonyl (C=O) groups excluding carboxylic acids is 1. The summed E-state index contributed by atoms with van der Waals surface area (Å²) in [6.07, 6.45) is 1.65. The zero-order valence-electron chi connectivity index (χ0n) is 13.5. The number of hydrogen-bond donors (Lipinski definition) is 1. The number of methoxy groups -OCH3 is 1. The normalized spacial score (nSPS) is 17.0. The molecule has 0 unspecified atom stereocenters. The van der Waals surface area contributed by atoms with Crippen LogP contribution in [0.1, 0.15) is 18.4 Å². The summed E-state index contributed by atoms with van der Waals surface area (Å²) in [5, 5.41) is 3.01. The standard InChI is InChI=1S/C19H19NO4/c1-22-15-5-3-2-4-14(15)20-18(21)19(8-9-19)13-6-7-16-17(12-13)24-11-10-23-16/h2-7,12H,8-11H2,1H3,(H,20,21). The van der Waals surface area contributed by atoms with Crippen molar-refractivity contribution in [3.05, 3.63) is 48.0 Å². The van der Waals surface area contributed by atoms with Crippen molar-refractivity contribution in [2.45, 2.75) is 18.3 Å². The van der Waals surface area contributed by atoms with Crippen LogP contribution in [-0.2, 0) is 10.2 Å². The third-order valence-corrected chi connectivity index (χ3v) is 4.63. The molecule has 1 fully saturated rings. The molecule has 2 aromatic carbocycles. The van der Waals surface area contributed by atoms with Gasteiger partial charge in [-0.05, 0) is 42.7 Å². The highest BCUT2D eigenvalue weighted by Crippen LogP contribution is 2.51. The van der Waals surface area contributed by atoms with Gasteiger partial charge >= 0.3 is 0 Å². The predicted molar refractivity (Wildman–Crippen MR) is 90.0 cm³/mol. The van der Waals surface area contributed by atoms with Gasteiger partial charge in [-0.25, -0.2) is 0 Å². The van der Waals surface area contributed by atoms with Gasteiger partial charge in [0.2, 0.25) is 5.91 Å². The molecule has 0 radical (unpaired) electrons. The Morgan fingerprint density at radius 1 is 1.08 bits per heavy atom. The topological polar surface area (TPSA) is 56.8 Å². The Morgan fingerprint density at radius 2 is 1.83 bits per heavy atom. The van der Waals surface area contributed by atoms with Crippen LogP contribution in [0.15, 0.2) is 42.5 Å². The number of fused-ring (bicyclic) bond motifs is 1. The molecule has 0 aromatic heterocycles. The van der Waals surface area contributed by atoms with Gasteiger partial charge in [-0.1, -0.05) is 18.2 Å². The van der Waals surface area contributed by atoms with Crippen LogP contribution >= 0.6 is 0 Å². The summed E-state index contributed by atoms with van der Waals surface area (Å²) in [6, 6.07) is 13.2. The molecule has 5 heteroatoms. The summed E-state index contributed by atoms with van der Waals surface area (Å²) >= 11 is 0. The lowest BCUT2D eigenvalue weighted by atomic mass is 9.94. The second kappa shape index (κ2) is 5.74. The van der Waals surface area contributed by atoms with Crippen molar-refractivity contribution in [1.82, 2.24) is 0 Å². The SMILES string of the molecule is COc1ccccc1NC(=O)C1(c2ccc3c(c2)OCCO3)CC1. The minimum absolute atomic E-state index is 0.0105. The number of benzene rings is 2. The molecule has 0 atom stereocenters. The fourth-order valence-corrected chi connectivity index (χ4v) is 3.10. The number of carbonyl (C=O) groups is 1. The van der Waals surface area contributed by atoms with E-state index in [9.17, 15) is 4.79 Å². The molecule has 1 aliphatic heterocycles. The van der Waals surface area contributed by atoms with Gasteiger partial charge in [-0.2, -0.15) is 0 Å². The Kier molecular flexibility index (Phi) is 3.56. The minimum Gasteiger partial charge on any atom is -0.495 e. The van der Waals surface area contributed by atoms with Gasteiger partial charge in [-0.3, -0.25) is 4.79 Å². The second-order valence-electron chi connectivity index (χ2n) is 6.09. The number of amides is 1. The highest BCUT2D eigenvalue weighted by atomic mass is 16.6. The maximum Gasteiger partial charge on any atom is 0.235 e. The Morgan fingerprint density at radius 3 is 2.58 bits per heavy atom. The Labute approximate surface area is 140 Å². The van der Waals surface area contributed by atoms with Crippen molar-refractivity contribution in [3.8, 4) is 17.2 Å². The first-order valence-corrected chi connectivity index (χ1v) is 8.07. The summed E-state index contributed by atoms with van der Waals surface area (Å²) in [5.74, 6) is 2.11. The summed E-state index contributed by atoms with van der Waals surface area (Å²) in [4.78, 5) is 12.9. The van der Waals surface area contributed by atoms with E-state index in [1.54, 1.807) is 7.11 Å². The molecule has 5 nitrogen and oxygen atoms in total. The third kappa shape index (κ3) is 2.46. The zero-order chi connectivity index (χ0) is 16.6. The fraction of sp³-hybridized carbons (Fsp3) is 0.316. The number of nitrogens with one attached hydrogen (secondary N) is 1. The monoisotopic (exact) mass is 325 g/mol. The van der Waals surface area contributed by atoms with Crippen molar-refractivity contribution in [1.29, 1.82) is 0 Å². The maximum atomic E-state index is 12.9. The van der Waals surface area contributed by atoms with Crippen molar-refractivity contribution >= 4 is 11.6 Å². The third-order valence-electron chi connectivity index (χ3n) is 4.63. The molecule has 24 heavy (non-hydrogen) atoms. The van der Waals surface area contributed by atoms with E-state index in [-0.39, 0.29) is 5.91 Å². The molecule has 2 aliphatic rings. The van der Waals surface area contributed by atoms with Gasteiger partial charge in [-0.15, -0.1) is 0 Å². The highest BCUT2D eigenvalue weighted by molar-refractivity contribution is 6.02. The van der Waals surface area contributed by atoms with Crippen LogP contribution in [0.4, 0.5) is 5.69 Å². The molecule has 0 saturated heterocycles. The number of hydrogen-bond acceptors (Lipinski definition) is 4. The van der Waals surface area contributed by atoms with Crippen molar-refractivity contribution in [3.63, 3.8) is 0 Å². The van der Waals surface area contributed by atoms with Crippen molar-refractivity contribution in [2.24, 2.45) is 0 Å². The van der Waals surface area contributed by atoms with Crippen molar-refractivity contribution < 1.29 is 19.0 Å². The molecule has 1 saturated carbocycles. The summed E-state index contributed by atoms with van der Waals surface area (Å²) in [5.41, 5.74) is 1.17. The zero-order valence-corrected chi connectivity index (χ0v) is 13.5. The maximum absolute atomic E-state index is 12.9. The lowest BCUT2D eigenvalue weighted by molar-refractivity contribution is -0.118. The van der Waals surface area contributed by atoms with Gasteiger partial charge in [0.1, 0.15) is 19.0 Å². The quantitative estimate of drug-likeness (QED) is 0.938. The van der Waals surface area contributed by atoms with Crippen LogP contribution in [0.3, 0.4) is 0 Å². The molecule has 1 heterocycles. The smallest absolute Gasteiger partial charge is 0.235 e. The van der Waals surface area contributed by atoms with E-state index in [4.69, 9.17) is 14.2 Å². The molecule has 124 valence electrons. The van der Waals surface area contributed by atoms with E-state index in [1.807, 2.05) is 42.5 Å². The van der Waals surface area contributed by atoms with E-state index in [0.29, 0.717) is 24.7 Å². The van der Waals surface area contributed by atoms with E-state index >= 15 is 0 Å². The molecule has 1 amide bonds. The summed E-state index contributed by atoms with van der Waals surface area (Å²) in [7, 11) is 1.60. The van der Waals surface area contributed by atoms with Gasteiger partial charge in [0, 0.05) is 0 Å². The van der Waals surface area contributed by atoms with E-state index in [1.165, 1.54) is 0 Å². The number of rotatable bonds is 4. The first-order chi connectivity index (χ1) is 11.7. The van der Waals surface area contributed by atoms with Gasteiger partial charge in [0.15, 0.2) is 11.5 Å². The van der Waals surface area contributed by atoms with Gasteiger partial charge in [0.05, 0.1) is 18.2 Å². The van der Waals surface area contributed by atoms with Gasteiger partial charge in [0.25, 0.3) is 0 Å². The highest BCUT2D eigenvalue weighted by Gasteiger charge is 2.51. The number of anilines is 1. The average Bonchev–Trinajstić information content (AvgIpc) is 3.44. The van der Waals surface area contributed by atoms with Crippen LogP contribution in [0, 0.1) is 0 Å². The number of ether oxygens (including phenoxy) is 3. The fourth-order valence-electron chi connectivity index (χ4n) is 3.10. The van der Waals surface area contributed by atoms with E-state index in [0.717, 1.165) is 29.9 Å².